The molecule has 0 fully saturated rings. The molecule has 0 heterocycles. The highest BCUT2D eigenvalue weighted by atomic mass is 16.6. The van der Waals surface area contributed by atoms with Gasteiger partial charge in [-0.25, -0.2) is 14.4 Å². The minimum absolute atomic E-state index is 0. The largest absolute Gasteiger partial charge is 0.466 e. The van der Waals surface area contributed by atoms with E-state index in [0.717, 1.165) is 7.11 Å². The molecule has 0 radical (unpaired) electrons. The Bertz CT molecular complexity index is 350. The Kier molecular flexibility index (Phi) is 22.7. The summed E-state index contributed by atoms with van der Waals surface area (Å²) < 4.78 is 18.3. The highest BCUT2D eigenvalue weighted by Gasteiger charge is 2.23. The van der Waals surface area contributed by atoms with E-state index in [0.29, 0.717) is 0 Å². The van der Waals surface area contributed by atoms with Crippen LogP contribution in [0.25, 0.3) is 0 Å². The number of carbonyl (C=O) groups is 3. The van der Waals surface area contributed by atoms with Crippen molar-refractivity contribution in [2.45, 2.75) is 55.8 Å². The van der Waals surface area contributed by atoms with E-state index >= 15 is 0 Å². The molecule has 0 aliphatic carbocycles. The summed E-state index contributed by atoms with van der Waals surface area (Å²) in [5.74, 6) is -3.07. The Labute approximate surface area is 134 Å². The van der Waals surface area contributed by atoms with Crippen LogP contribution in [0.15, 0.2) is 12.3 Å². The van der Waals surface area contributed by atoms with Crippen molar-refractivity contribution < 1.29 is 33.3 Å². The molecule has 0 saturated heterocycles. The highest BCUT2D eigenvalue weighted by Crippen LogP contribution is 2.05. The first-order valence-corrected chi connectivity index (χ1v) is 5.05. The summed E-state index contributed by atoms with van der Waals surface area (Å²) in [6.45, 7) is 5.98. The van der Waals surface area contributed by atoms with Gasteiger partial charge in [0.15, 0.2) is 12.2 Å². The van der Waals surface area contributed by atoms with Gasteiger partial charge in [-0.3, -0.25) is 0 Å². The maximum Gasteiger partial charge on any atom is 0.374 e. The summed E-state index contributed by atoms with van der Waals surface area (Å²) in [4.78, 5) is 33.6. The molecule has 0 aromatic rings. The number of methoxy groups -OCH3 is 2. The predicted octanol–water partition coefficient (Wildman–Crippen LogP) is 2.73. The summed E-state index contributed by atoms with van der Waals surface area (Å²) in [6.07, 6.45) is -1.95. The van der Waals surface area contributed by atoms with E-state index < -0.39 is 35.9 Å². The zero-order valence-corrected chi connectivity index (χ0v) is 10.7. The Morgan fingerprint density at radius 2 is 1.32 bits per heavy atom. The molecule has 0 aromatic heterocycles. The molecular weight excluding hydrogens is 292 g/mol. The molecular formula is C15H32O7. The Hall–Kier alpha value is -1.89. The van der Waals surface area contributed by atoms with Crippen LogP contribution in [0, 0.1) is 0 Å². The standard InChI is InChI=1S/C11H16O7.4CH4/c1-6(15-4)10(13)18-8(3)11(14)17-7(2)9(12)16-5;;;;/h6-7H,3H2,1-2,4-5H3;4*1H4. The Balaban J connectivity index is -0.000000241. The van der Waals surface area contributed by atoms with Crippen molar-refractivity contribution in [3.05, 3.63) is 12.3 Å². The second-order valence-corrected chi connectivity index (χ2v) is 3.29. The molecule has 134 valence electrons. The lowest BCUT2D eigenvalue weighted by Gasteiger charge is -2.13. The fourth-order valence-electron chi connectivity index (χ4n) is 0.783. The van der Waals surface area contributed by atoms with Crippen molar-refractivity contribution in [2.24, 2.45) is 0 Å². The van der Waals surface area contributed by atoms with Gasteiger partial charge in [0.2, 0.25) is 5.76 Å². The number of hydrogen-bond acceptors (Lipinski definition) is 7. The molecule has 0 bridgehead atoms. The molecule has 0 aromatic carbocycles. The summed E-state index contributed by atoms with van der Waals surface area (Å²) >= 11 is 0. The van der Waals surface area contributed by atoms with Gasteiger partial charge >= 0.3 is 17.9 Å². The number of hydrogen-bond donors (Lipinski definition) is 0. The van der Waals surface area contributed by atoms with Gasteiger partial charge in [-0.05, 0) is 20.4 Å². The predicted molar refractivity (Wildman–Crippen MR) is 86.2 cm³/mol. The summed E-state index contributed by atoms with van der Waals surface area (Å²) in [5.41, 5.74) is 0. The lowest BCUT2D eigenvalue weighted by atomic mass is 10.4. The van der Waals surface area contributed by atoms with Gasteiger partial charge in [0, 0.05) is 7.11 Å². The van der Waals surface area contributed by atoms with Crippen molar-refractivity contribution >= 4 is 17.9 Å². The van der Waals surface area contributed by atoms with Crippen LogP contribution in [-0.2, 0) is 33.3 Å². The molecule has 0 aliphatic heterocycles. The third-order valence-corrected chi connectivity index (χ3v) is 1.95. The smallest absolute Gasteiger partial charge is 0.374 e. The third kappa shape index (κ3) is 10.8. The van der Waals surface area contributed by atoms with E-state index in [2.05, 4.69) is 25.5 Å². The van der Waals surface area contributed by atoms with Crippen molar-refractivity contribution in [1.29, 1.82) is 0 Å². The Morgan fingerprint density at radius 1 is 0.864 bits per heavy atom. The first-order valence-electron chi connectivity index (χ1n) is 5.05. The summed E-state index contributed by atoms with van der Waals surface area (Å²) in [5, 5.41) is 0. The normalized spacial score (nSPS) is 10.7. The van der Waals surface area contributed by atoms with E-state index in [4.69, 9.17) is 0 Å². The van der Waals surface area contributed by atoms with E-state index in [1.807, 2.05) is 0 Å². The van der Waals surface area contributed by atoms with E-state index in [1.54, 1.807) is 0 Å². The van der Waals surface area contributed by atoms with Crippen molar-refractivity contribution in [2.75, 3.05) is 14.2 Å². The first-order chi connectivity index (χ1) is 8.33. The fourth-order valence-corrected chi connectivity index (χ4v) is 0.783. The number of rotatable bonds is 6. The lowest BCUT2D eigenvalue weighted by Crippen LogP contribution is -2.28. The highest BCUT2D eigenvalue weighted by molar-refractivity contribution is 5.91. The minimum atomic E-state index is -1.11. The van der Waals surface area contributed by atoms with E-state index in [-0.39, 0.29) is 29.7 Å². The van der Waals surface area contributed by atoms with Crippen molar-refractivity contribution in [3.63, 3.8) is 0 Å². The average molecular weight is 324 g/mol. The van der Waals surface area contributed by atoms with Crippen molar-refractivity contribution in [1.82, 2.24) is 0 Å². The number of esters is 3. The molecule has 7 heteroatoms. The number of ether oxygens (including phenoxy) is 4. The topological polar surface area (TPSA) is 88.1 Å². The zero-order valence-electron chi connectivity index (χ0n) is 10.7. The van der Waals surface area contributed by atoms with Gasteiger partial charge in [0.25, 0.3) is 0 Å². The zero-order chi connectivity index (χ0) is 14.3. The van der Waals surface area contributed by atoms with Crippen molar-refractivity contribution in [3.8, 4) is 0 Å². The molecule has 2 atom stereocenters. The monoisotopic (exact) mass is 324 g/mol. The molecule has 0 aliphatic rings. The maximum absolute atomic E-state index is 11.4. The summed E-state index contributed by atoms with van der Waals surface area (Å²) in [7, 11) is 2.47. The molecule has 7 nitrogen and oxygen atoms in total. The minimum Gasteiger partial charge on any atom is -0.466 e. The van der Waals surface area contributed by atoms with E-state index in [9.17, 15) is 14.4 Å². The molecule has 2 unspecified atom stereocenters. The summed E-state index contributed by atoms with van der Waals surface area (Å²) in [6, 6.07) is 0. The molecule has 0 spiro atoms. The van der Waals surface area contributed by atoms with Gasteiger partial charge in [-0.2, -0.15) is 0 Å². The molecule has 0 rings (SSSR count). The van der Waals surface area contributed by atoms with Crippen LogP contribution in [-0.4, -0.2) is 44.3 Å². The number of carbonyl (C=O) groups excluding carboxylic acids is 3. The second kappa shape index (κ2) is 15.5. The molecule has 0 N–H and O–H groups in total. The molecule has 0 amide bonds. The van der Waals surface area contributed by atoms with Crippen LogP contribution in [0.1, 0.15) is 43.6 Å². The maximum atomic E-state index is 11.4. The van der Waals surface area contributed by atoms with Gasteiger partial charge < -0.3 is 18.9 Å². The second-order valence-electron chi connectivity index (χ2n) is 3.29. The van der Waals surface area contributed by atoms with Crippen LogP contribution in [0.2, 0.25) is 0 Å². The SMILES string of the molecule is C.C.C.C.C=C(OC(=O)C(C)OC)C(=O)OC(C)C(=O)OC. The van der Waals surface area contributed by atoms with Crippen LogP contribution in [0.4, 0.5) is 0 Å². The third-order valence-electron chi connectivity index (χ3n) is 1.95. The van der Waals surface area contributed by atoms with Gasteiger partial charge in [0.1, 0.15) is 0 Å². The fraction of sp³-hybridized carbons (Fsp3) is 0.667. The quantitative estimate of drug-likeness (QED) is 0.321. The van der Waals surface area contributed by atoms with Crippen LogP contribution < -0.4 is 0 Å². The van der Waals surface area contributed by atoms with E-state index in [1.165, 1.54) is 21.0 Å². The van der Waals surface area contributed by atoms with Gasteiger partial charge in [-0.1, -0.05) is 29.7 Å². The molecule has 22 heavy (non-hydrogen) atoms. The van der Waals surface area contributed by atoms with Gasteiger partial charge in [0.05, 0.1) is 7.11 Å². The Morgan fingerprint density at radius 3 is 1.68 bits per heavy atom. The van der Waals surface area contributed by atoms with Crippen LogP contribution >= 0.6 is 0 Å². The average Bonchev–Trinajstić information content (AvgIpc) is 2.35. The van der Waals surface area contributed by atoms with Gasteiger partial charge in [-0.15, -0.1) is 0 Å². The lowest BCUT2D eigenvalue weighted by molar-refractivity contribution is -0.167. The first kappa shape index (κ1) is 32.2. The van der Waals surface area contributed by atoms with Crippen LogP contribution in [0.5, 0.6) is 0 Å². The molecule has 0 saturated carbocycles. The van der Waals surface area contributed by atoms with Crippen LogP contribution in [0.3, 0.4) is 0 Å².